The highest BCUT2D eigenvalue weighted by molar-refractivity contribution is 5.75. The second kappa shape index (κ2) is 8.77. The van der Waals surface area contributed by atoms with E-state index in [4.69, 9.17) is 14.9 Å². The molecule has 1 aromatic heterocycles. The Morgan fingerprint density at radius 2 is 1.63 bits per heavy atom. The molecule has 2 N–H and O–H groups in total. The lowest BCUT2D eigenvalue weighted by Gasteiger charge is -2.15. The smallest absolute Gasteiger partial charge is 0.203 e. The van der Waals surface area contributed by atoms with Gasteiger partial charge < -0.3 is 23.7 Å². The summed E-state index contributed by atoms with van der Waals surface area (Å²) in [5.74, 6) is 1.23. The second-order valence-corrected chi connectivity index (χ2v) is 6.54. The molecule has 0 aliphatic carbocycles. The monoisotopic (exact) mass is 369 g/mol. The van der Waals surface area contributed by atoms with Crippen LogP contribution in [0.1, 0.15) is 19.8 Å². The van der Waals surface area contributed by atoms with Crippen LogP contribution in [0.3, 0.4) is 0 Å². The summed E-state index contributed by atoms with van der Waals surface area (Å²) >= 11 is 0. The molecule has 0 aliphatic heterocycles. The first-order chi connectivity index (χ1) is 13.2. The van der Waals surface area contributed by atoms with E-state index >= 15 is 0 Å². The first-order valence-electron chi connectivity index (χ1n) is 9.32. The molecule has 0 saturated heterocycles. The maximum Gasteiger partial charge on any atom is 0.203 e. The van der Waals surface area contributed by atoms with Crippen molar-refractivity contribution in [3.8, 4) is 11.5 Å². The van der Waals surface area contributed by atoms with Gasteiger partial charge in [-0.1, -0.05) is 37.6 Å². The fourth-order valence-corrected chi connectivity index (χ4v) is 3.21. The number of hydrogen-bond acceptors (Lipinski definition) is 4. The van der Waals surface area contributed by atoms with Gasteiger partial charge in [0.15, 0.2) is 11.5 Å². The van der Waals surface area contributed by atoms with E-state index in [1.54, 1.807) is 7.11 Å². The number of fused-ring (bicyclic) bond motifs is 1. The predicted octanol–water partition coefficient (Wildman–Crippen LogP) is 3.17. The molecule has 144 valence electrons. The fourth-order valence-electron chi connectivity index (χ4n) is 3.21. The van der Waals surface area contributed by atoms with E-state index in [1.165, 1.54) is 0 Å². The van der Waals surface area contributed by atoms with Crippen molar-refractivity contribution >= 4 is 11.0 Å². The normalized spacial score (nSPS) is 12.3. The van der Waals surface area contributed by atoms with Crippen molar-refractivity contribution in [2.24, 2.45) is 0 Å². The number of hydrogen-bond donors (Lipinski definition) is 2. The summed E-state index contributed by atoms with van der Waals surface area (Å²) in [6.07, 6.45) is 1.35. The van der Waals surface area contributed by atoms with Crippen molar-refractivity contribution in [1.29, 1.82) is 5.41 Å². The number of aliphatic hydroxyl groups excluding tert-OH is 1. The first-order valence-corrected chi connectivity index (χ1v) is 9.32. The minimum absolute atomic E-state index is 0.126. The average Bonchev–Trinajstić information content (AvgIpc) is 2.96. The van der Waals surface area contributed by atoms with E-state index in [1.807, 2.05) is 57.7 Å². The number of ether oxygens (including phenoxy) is 2. The number of aryl methyl sites for hydroxylation is 1. The van der Waals surface area contributed by atoms with Gasteiger partial charge in [-0.2, -0.15) is 0 Å². The summed E-state index contributed by atoms with van der Waals surface area (Å²) in [6.45, 7) is 3.37. The maximum absolute atomic E-state index is 10.5. The topological polar surface area (TPSA) is 72.4 Å². The van der Waals surface area contributed by atoms with Crippen LogP contribution in [0.25, 0.3) is 11.0 Å². The number of para-hydroxylation sites is 4. The summed E-state index contributed by atoms with van der Waals surface area (Å²) in [5.41, 5.74) is 2.38. The Bertz CT molecular complexity index is 945. The standard InChI is InChI=1S/C21H27N3O3/c1-3-4-13-23-17-9-5-6-10-18(17)24(21(23)22)14-16(25)15-27-20-12-8-7-11-19(20)26-2/h5-12,16,22,25H,3-4,13-15H2,1-2H3/t16-/m1/s1. The van der Waals surface area contributed by atoms with Crippen molar-refractivity contribution in [2.75, 3.05) is 13.7 Å². The largest absolute Gasteiger partial charge is 0.493 e. The Labute approximate surface area is 159 Å². The third kappa shape index (κ3) is 4.17. The quantitative estimate of drug-likeness (QED) is 0.608. The van der Waals surface area contributed by atoms with Crippen LogP contribution in [0.2, 0.25) is 0 Å². The highest BCUT2D eigenvalue weighted by atomic mass is 16.5. The molecule has 0 aliphatic rings. The number of imidazole rings is 1. The van der Waals surface area contributed by atoms with Crippen molar-refractivity contribution in [3.05, 3.63) is 54.1 Å². The molecule has 0 saturated carbocycles. The van der Waals surface area contributed by atoms with Gasteiger partial charge in [-0.3, -0.25) is 5.41 Å². The van der Waals surface area contributed by atoms with E-state index in [-0.39, 0.29) is 6.61 Å². The van der Waals surface area contributed by atoms with Crippen LogP contribution >= 0.6 is 0 Å². The van der Waals surface area contributed by atoms with Crippen LogP contribution in [0.5, 0.6) is 11.5 Å². The Hall–Kier alpha value is -2.73. The molecule has 6 heteroatoms. The van der Waals surface area contributed by atoms with Gasteiger partial charge in [0.2, 0.25) is 5.62 Å². The fraction of sp³-hybridized carbons (Fsp3) is 0.381. The zero-order valence-electron chi connectivity index (χ0n) is 15.9. The molecule has 3 rings (SSSR count). The van der Waals surface area contributed by atoms with Crippen molar-refractivity contribution in [2.45, 2.75) is 39.0 Å². The number of benzene rings is 2. The second-order valence-electron chi connectivity index (χ2n) is 6.54. The summed E-state index contributed by atoms with van der Waals surface area (Å²) in [7, 11) is 1.59. The van der Waals surface area contributed by atoms with E-state index in [2.05, 4.69) is 6.92 Å². The lowest BCUT2D eigenvalue weighted by molar-refractivity contribution is 0.0906. The van der Waals surface area contributed by atoms with Gasteiger partial charge in [-0.25, -0.2) is 0 Å². The van der Waals surface area contributed by atoms with Gasteiger partial charge in [0, 0.05) is 6.54 Å². The Morgan fingerprint density at radius 3 is 2.30 bits per heavy atom. The molecule has 0 radical (unpaired) electrons. The minimum atomic E-state index is -0.741. The highest BCUT2D eigenvalue weighted by Crippen LogP contribution is 2.25. The number of rotatable bonds is 9. The lowest BCUT2D eigenvalue weighted by Crippen LogP contribution is -2.31. The molecule has 2 aromatic carbocycles. The van der Waals surface area contributed by atoms with Crippen molar-refractivity contribution in [1.82, 2.24) is 9.13 Å². The molecule has 0 bridgehead atoms. The number of aromatic nitrogens is 2. The molecule has 6 nitrogen and oxygen atoms in total. The lowest BCUT2D eigenvalue weighted by atomic mass is 10.3. The Kier molecular flexibility index (Phi) is 6.19. The maximum atomic E-state index is 10.5. The molecule has 0 unspecified atom stereocenters. The summed E-state index contributed by atoms with van der Waals surface area (Å²) in [5, 5.41) is 19.1. The minimum Gasteiger partial charge on any atom is -0.493 e. The molecule has 3 aromatic rings. The molecule has 0 fully saturated rings. The zero-order valence-corrected chi connectivity index (χ0v) is 15.9. The van der Waals surface area contributed by atoms with Crippen LogP contribution in [-0.2, 0) is 13.1 Å². The van der Waals surface area contributed by atoms with Crippen LogP contribution in [0.4, 0.5) is 0 Å². The number of aliphatic hydroxyl groups is 1. The third-order valence-corrected chi connectivity index (χ3v) is 4.60. The summed E-state index contributed by atoms with van der Waals surface area (Å²) in [4.78, 5) is 0. The SMILES string of the molecule is CCCCn1c(=N)n(C[C@@H](O)COc2ccccc2OC)c2ccccc21. The van der Waals surface area contributed by atoms with Crippen molar-refractivity contribution in [3.63, 3.8) is 0 Å². The number of unbranched alkanes of at least 4 members (excludes halogenated alkanes) is 1. The van der Waals surface area contributed by atoms with Crippen LogP contribution in [-0.4, -0.2) is 34.1 Å². The summed E-state index contributed by atoms with van der Waals surface area (Å²) < 4.78 is 14.9. The van der Waals surface area contributed by atoms with E-state index in [0.717, 1.165) is 30.4 Å². The van der Waals surface area contributed by atoms with E-state index in [9.17, 15) is 5.11 Å². The zero-order chi connectivity index (χ0) is 19.2. The predicted molar refractivity (Wildman–Crippen MR) is 105 cm³/mol. The van der Waals surface area contributed by atoms with E-state index in [0.29, 0.717) is 23.7 Å². The average molecular weight is 369 g/mol. The molecule has 0 spiro atoms. The molecular weight excluding hydrogens is 342 g/mol. The molecule has 1 atom stereocenters. The van der Waals surface area contributed by atoms with Crippen molar-refractivity contribution < 1.29 is 14.6 Å². The van der Waals surface area contributed by atoms with Gasteiger partial charge in [0.05, 0.1) is 24.7 Å². The molecule has 27 heavy (non-hydrogen) atoms. The molecule has 1 heterocycles. The Morgan fingerprint density at radius 1 is 1.00 bits per heavy atom. The van der Waals surface area contributed by atoms with Gasteiger partial charge in [0.1, 0.15) is 12.7 Å². The van der Waals surface area contributed by atoms with Crippen LogP contribution in [0.15, 0.2) is 48.5 Å². The summed E-state index contributed by atoms with van der Waals surface area (Å²) in [6, 6.07) is 15.3. The number of nitrogens with one attached hydrogen (secondary N) is 1. The highest BCUT2D eigenvalue weighted by Gasteiger charge is 2.15. The van der Waals surface area contributed by atoms with Gasteiger partial charge in [-0.05, 0) is 30.7 Å². The first kappa shape index (κ1) is 19.0. The van der Waals surface area contributed by atoms with Crippen LogP contribution < -0.4 is 15.1 Å². The molecule has 0 amide bonds. The van der Waals surface area contributed by atoms with Gasteiger partial charge in [0.25, 0.3) is 0 Å². The van der Waals surface area contributed by atoms with E-state index < -0.39 is 6.10 Å². The number of nitrogens with zero attached hydrogens (tertiary/aromatic N) is 2. The third-order valence-electron chi connectivity index (χ3n) is 4.60. The van der Waals surface area contributed by atoms with Crippen LogP contribution in [0, 0.1) is 5.41 Å². The Balaban J connectivity index is 1.77. The van der Waals surface area contributed by atoms with Gasteiger partial charge in [-0.15, -0.1) is 0 Å². The number of methoxy groups -OCH3 is 1. The molecular formula is C21H27N3O3. The van der Waals surface area contributed by atoms with Gasteiger partial charge >= 0.3 is 0 Å².